The zero-order valence-corrected chi connectivity index (χ0v) is 21.9. The van der Waals surface area contributed by atoms with Crippen molar-refractivity contribution in [3.8, 4) is 17.2 Å². The number of hydrogen-bond acceptors (Lipinski definition) is 6. The molecule has 192 valence electrons. The summed E-state index contributed by atoms with van der Waals surface area (Å²) >= 11 is 0. The molecule has 3 aromatic carbocycles. The number of carbonyl (C=O) groups is 2. The van der Waals surface area contributed by atoms with Gasteiger partial charge in [-0.2, -0.15) is 0 Å². The number of nitrogens with zero attached hydrogens (tertiary/aromatic N) is 1. The number of amides is 1. The summed E-state index contributed by atoms with van der Waals surface area (Å²) in [6, 6.07) is 15.3. The average Bonchev–Trinajstić information content (AvgIpc) is 3.15. The fourth-order valence-electron chi connectivity index (χ4n) is 4.68. The zero-order chi connectivity index (χ0) is 26.9. The first kappa shape index (κ1) is 25.8. The topological polar surface area (TPSA) is 85.3 Å². The summed E-state index contributed by atoms with van der Waals surface area (Å²) in [4.78, 5) is 28.6. The van der Waals surface area contributed by atoms with Crippen molar-refractivity contribution in [3.63, 3.8) is 0 Å². The Morgan fingerprint density at radius 3 is 2.30 bits per heavy atom. The number of hydrogen-bond donors (Lipinski definition) is 1. The third-order valence-electron chi connectivity index (χ3n) is 6.56. The van der Waals surface area contributed by atoms with E-state index >= 15 is 0 Å². The zero-order valence-electron chi connectivity index (χ0n) is 21.9. The first-order valence-corrected chi connectivity index (χ1v) is 12.1. The lowest BCUT2D eigenvalue weighted by Gasteiger charge is -2.27. The third-order valence-corrected chi connectivity index (χ3v) is 6.56. The predicted molar refractivity (Wildman–Crippen MR) is 143 cm³/mol. The van der Waals surface area contributed by atoms with Crippen LogP contribution in [0.4, 0.5) is 5.69 Å². The van der Waals surface area contributed by atoms with Gasteiger partial charge in [-0.15, -0.1) is 0 Å². The van der Waals surface area contributed by atoms with Crippen LogP contribution in [0, 0.1) is 20.8 Å². The highest BCUT2D eigenvalue weighted by molar-refractivity contribution is 6.51. The fourth-order valence-corrected chi connectivity index (χ4v) is 4.68. The van der Waals surface area contributed by atoms with Gasteiger partial charge in [-0.1, -0.05) is 18.2 Å². The summed E-state index contributed by atoms with van der Waals surface area (Å²) in [5.41, 5.74) is 4.14. The Bertz CT molecular complexity index is 1410. The summed E-state index contributed by atoms with van der Waals surface area (Å²) in [5, 5.41) is 11.5. The highest BCUT2D eigenvalue weighted by Crippen LogP contribution is 2.45. The fraction of sp³-hybridized carbons (Fsp3) is 0.267. The molecule has 3 aromatic rings. The van der Waals surface area contributed by atoms with E-state index in [2.05, 4.69) is 0 Å². The first-order valence-electron chi connectivity index (χ1n) is 12.1. The average molecular weight is 502 g/mol. The van der Waals surface area contributed by atoms with Crippen molar-refractivity contribution < 1.29 is 28.9 Å². The summed E-state index contributed by atoms with van der Waals surface area (Å²) in [6.07, 6.45) is 0. The minimum atomic E-state index is -0.882. The number of carbonyl (C=O) groups excluding carboxylic acids is 2. The van der Waals surface area contributed by atoms with E-state index in [1.807, 2.05) is 45.9 Å². The Kier molecular flexibility index (Phi) is 7.25. The highest BCUT2D eigenvalue weighted by Gasteiger charge is 2.47. The summed E-state index contributed by atoms with van der Waals surface area (Å²) in [7, 11) is 3.11. The standard InChI is InChI=1S/C30H31NO6/c1-7-37-25-16-20(10-13-24(25)36-6)27-26(28(32)22-12-11-21(35-5)15-19(22)4)29(33)30(34)31(27)23-14-17(2)8-9-18(23)3/h8-16,27,32H,7H2,1-6H3/b28-26+. The van der Waals surface area contributed by atoms with E-state index in [1.165, 1.54) is 4.90 Å². The number of aryl methyl sites for hydroxylation is 3. The van der Waals surface area contributed by atoms with Crippen LogP contribution in [0.5, 0.6) is 17.2 Å². The van der Waals surface area contributed by atoms with Crippen molar-refractivity contribution >= 4 is 23.1 Å². The van der Waals surface area contributed by atoms with Gasteiger partial charge >= 0.3 is 0 Å². The number of Topliss-reactive ketones (excluding diaryl/α,β-unsaturated/α-hetero) is 1. The summed E-state index contributed by atoms with van der Waals surface area (Å²) in [5.74, 6) is -0.0782. The summed E-state index contributed by atoms with van der Waals surface area (Å²) < 4.78 is 16.5. The number of aliphatic hydroxyl groups is 1. The van der Waals surface area contributed by atoms with Crippen LogP contribution in [0.15, 0.2) is 60.2 Å². The molecule has 0 saturated carbocycles. The number of methoxy groups -OCH3 is 2. The molecule has 0 radical (unpaired) electrons. The van der Waals surface area contributed by atoms with Gasteiger partial charge in [0.1, 0.15) is 11.5 Å². The smallest absolute Gasteiger partial charge is 0.300 e. The number of rotatable bonds is 7. The predicted octanol–water partition coefficient (Wildman–Crippen LogP) is 5.65. The monoisotopic (exact) mass is 501 g/mol. The minimum Gasteiger partial charge on any atom is -0.507 e. The van der Waals surface area contributed by atoms with Gasteiger partial charge in [-0.25, -0.2) is 0 Å². The van der Waals surface area contributed by atoms with Crippen molar-refractivity contribution in [2.75, 3.05) is 25.7 Å². The number of ether oxygens (including phenoxy) is 3. The maximum absolute atomic E-state index is 13.6. The maximum atomic E-state index is 13.6. The second-order valence-electron chi connectivity index (χ2n) is 8.98. The van der Waals surface area contributed by atoms with Crippen LogP contribution < -0.4 is 19.1 Å². The molecule has 37 heavy (non-hydrogen) atoms. The van der Waals surface area contributed by atoms with Crippen LogP contribution in [0.2, 0.25) is 0 Å². The van der Waals surface area contributed by atoms with E-state index in [0.717, 1.165) is 11.1 Å². The molecule has 1 saturated heterocycles. The number of aliphatic hydroxyl groups excluding tert-OH is 1. The molecule has 0 bridgehead atoms. The van der Waals surface area contributed by atoms with E-state index in [-0.39, 0.29) is 11.3 Å². The Hall–Kier alpha value is -4.26. The molecule has 0 aromatic heterocycles. The molecule has 0 aliphatic carbocycles. The molecule has 7 heteroatoms. The molecule has 1 fully saturated rings. The van der Waals surface area contributed by atoms with E-state index in [0.29, 0.717) is 46.2 Å². The molecule has 1 aliphatic heterocycles. The van der Waals surface area contributed by atoms with Crippen LogP contribution in [-0.2, 0) is 9.59 Å². The van der Waals surface area contributed by atoms with E-state index in [9.17, 15) is 14.7 Å². The number of anilines is 1. The minimum absolute atomic E-state index is 0.00629. The second kappa shape index (κ2) is 10.4. The van der Waals surface area contributed by atoms with Gasteiger partial charge in [0.15, 0.2) is 11.5 Å². The molecule has 1 N–H and O–H groups in total. The van der Waals surface area contributed by atoms with Gasteiger partial charge in [0, 0.05) is 11.3 Å². The highest BCUT2D eigenvalue weighted by atomic mass is 16.5. The SMILES string of the molecule is CCOc1cc(C2/C(=C(\O)c3ccc(OC)cc3C)C(=O)C(=O)N2c2cc(C)ccc2C)ccc1OC. The van der Waals surface area contributed by atoms with Gasteiger partial charge in [0.05, 0.1) is 32.4 Å². The van der Waals surface area contributed by atoms with Gasteiger partial charge in [0.25, 0.3) is 11.7 Å². The maximum Gasteiger partial charge on any atom is 0.300 e. The van der Waals surface area contributed by atoms with Crippen LogP contribution in [-0.4, -0.2) is 37.6 Å². The lowest BCUT2D eigenvalue weighted by molar-refractivity contribution is -0.132. The summed E-state index contributed by atoms with van der Waals surface area (Å²) in [6.45, 7) is 7.89. The van der Waals surface area contributed by atoms with Crippen molar-refractivity contribution in [3.05, 3.63) is 88.0 Å². The van der Waals surface area contributed by atoms with Crippen LogP contribution in [0.1, 0.15) is 40.8 Å². The molecule has 7 nitrogen and oxygen atoms in total. The largest absolute Gasteiger partial charge is 0.507 e. The molecular weight excluding hydrogens is 470 g/mol. The van der Waals surface area contributed by atoms with E-state index < -0.39 is 17.7 Å². The molecule has 1 unspecified atom stereocenters. The van der Waals surface area contributed by atoms with Gasteiger partial charge in [-0.05, 0) is 86.3 Å². The Balaban J connectivity index is 2.01. The van der Waals surface area contributed by atoms with Crippen LogP contribution in [0.3, 0.4) is 0 Å². The second-order valence-corrected chi connectivity index (χ2v) is 8.98. The lowest BCUT2D eigenvalue weighted by Crippen LogP contribution is -2.30. The molecule has 4 rings (SSSR count). The van der Waals surface area contributed by atoms with Crippen LogP contribution in [0.25, 0.3) is 5.76 Å². The molecule has 1 aliphatic rings. The third kappa shape index (κ3) is 4.65. The molecular formula is C30H31NO6. The van der Waals surface area contributed by atoms with Gasteiger partial charge in [-0.3, -0.25) is 14.5 Å². The molecule has 1 atom stereocenters. The number of ketones is 1. The molecule has 1 amide bonds. The van der Waals surface area contributed by atoms with Crippen molar-refractivity contribution in [2.24, 2.45) is 0 Å². The van der Waals surface area contributed by atoms with E-state index in [1.54, 1.807) is 50.6 Å². The van der Waals surface area contributed by atoms with Crippen molar-refractivity contribution in [1.29, 1.82) is 0 Å². The van der Waals surface area contributed by atoms with Crippen LogP contribution >= 0.6 is 0 Å². The molecule has 1 heterocycles. The van der Waals surface area contributed by atoms with Gasteiger partial charge < -0.3 is 19.3 Å². The quantitative estimate of drug-likeness (QED) is 0.256. The Morgan fingerprint density at radius 1 is 0.892 bits per heavy atom. The Labute approximate surface area is 216 Å². The molecule has 0 spiro atoms. The first-order chi connectivity index (χ1) is 17.7. The Morgan fingerprint density at radius 2 is 1.65 bits per heavy atom. The lowest BCUT2D eigenvalue weighted by atomic mass is 9.93. The normalized spacial score (nSPS) is 16.7. The van der Waals surface area contributed by atoms with Crippen molar-refractivity contribution in [1.82, 2.24) is 0 Å². The van der Waals surface area contributed by atoms with Gasteiger partial charge in [0.2, 0.25) is 0 Å². The number of benzene rings is 3. The van der Waals surface area contributed by atoms with E-state index in [4.69, 9.17) is 14.2 Å². The van der Waals surface area contributed by atoms with Crippen molar-refractivity contribution in [2.45, 2.75) is 33.7 Å².